The second-order valence-corrected chi connectivity index (χ2v) is 5.71. The summed E-state index contributed by atoms with van der Waals surface area (Å²) in [6, 6.07) is 17.4. The summed E-state index contributed by atoms with van der Waals surface area (Å²) in [5, 5.41) is 12.7. The number of nitriles is 1. The van der Waals surface area contributed by atoms with E-state index in [9.17, 15) is 0 Å². The van der Waals surface area contributed by atoms with Gasteiger partial charge in [0, 0.05) is 5.92 Å². The minimum Gasteiger partial charge on any atom is -0.485 e. The van der Waals surface area contributed by atoms with E-state index in [1.54, 1.807) is 0 Å². The maximum atomic E-state index is 8.84. The van der Waals surface area contributed by atoms with Gasteiger partial charge in [0.25, 0.3) is 0 Å². The fourth-order valence-corrected chi connectivity index (χ4v) is 2.19. The van der Waals surface area contributed by atoms with Crippen molar-refractivity contribution < 1.29 is 9.26 Å². The van der Waals surface area contributed by atoms with Crippen molar-refractivity contribution in [2.75, 3.05) is 0 Å². The summed E-state index contributed by atoms with van der Waals surface area (Å²) < 4.78 is 10.8. The van der Waals surface area contributed by atoms with Crippen molar-refractivity contribution in [2.24, 2.45) is 0 Å². The summed E-state index contributed by atoms with van der Waals surface area (Å²) in [7, 11) is 0. The lowest BCUT2D eigenvalue weighted by atomic mass is 10.0. The molecule has 0 aliphatic carbocycles. The molecule has 0 saturated carbocycles. The van der Waals surface area contributed by atoms with Crippen LogP contribution >= 0.6 is 0 Å². The highest BCUT2D eigenvalue weighted by molar-refractivity contribution is 5.64. The quantitative estimate of drug-likeness (QED) is 0.700. The molecule has 120 valence electrons. The molecule has 1 heterocycles. The molecule has 0 unspecified atom stereocenters. The van der Waals surface area contributed by atoms with Crippen LogP contribution in [0.5, 0.6) is 5.75 Å². The first-order valence-electron chi connectivity index (χ1n) is 7.71. The third-order valence-corrected chi connectivity index (χ3v) is 3.55. The van der Waals surface area contributed by atoms with Crippen molar-refractivity contribution in [2.45, 2.75) is 26.4 Å². The molecule has 0 N–H and O–H groups in total. The molecule has 0 saturated heterocycles. The Balaban J connectivity index is 1.64. The third kappa shape index (κ3) is 3.61. The number of hydrogen-bond acceptors (Lipinski definition) is 5. The Labute approximate surface area is 140 Å². The molecular weight excluding hydrogens is 302 g/mol. The molecule has 0 atom stereocenters. The first-order chi connectivity index (χ1) is 11.7. The van der Waals surface area contributed by atoms with Crippen molar-refractivity contribution in [1.82, 2.24) is 10.1 Å². The standard InChI is InChI=1S/C19H17N3O2/c1-13(2)19-21-18(22-24-19)12-23-17-9-7-16(8-10-17)15-5-3-14(11-20)4-6-15/h3-10,13H,12H2,1-2H3. The third-order valence-electron chi connectivity index (χ3n) is 3.55. The molecule has 1 aromatic heterocycles. The SMILES string of the molecule is CC(C)c1nc(COc2ccc(-c3ccc(C#N)cc3)cc2)no1. The van der Waals surface area contributed by atoms with Crippen LogP contribution in [0.15, 0.2) is 53.1 Å². The van der Waals surface area contributed by atoms with Gasteiger partial charge < -0.3 is 9.26 Å². The summed E-state index contributed by atoms with van der Waals surface area (Å²) in [4.78, 5) is 4.28. The highest BCUT2D eigenvalue weighted by Gasteiger charge is 2.10. The Morgan fingerprint density at radius 2 is 1.67 bits per heavy atom. The number of ether oxygens (including phenoxy) is 1. The van der Waals surface area contributed by atoms with Gasteiger partial charge in [-0.1, -0.05) is 43.3 Å². The minimum absolute atomic E-state index is 0.206. The van der Waals surface area contributed by atoms with Gasteiger partial charge in [-0.2, -0.15) is 10.2 Å². The van der Waals surface area contributed by atoms with Crippen molar-refractivity contribution >= 4 is 0 Å². The Morgan fingerprint density at radius 1 is 1.04 bits per heavy atom. The van der Waals surface area contributed by atoms with Crippen LogP contribution in [0.4, 0.5) is 0 Å². The molecular formula is C19H17N3O2. The van der Waals surface area contributed by atoms with Crippen LogP contribution in [-0.4, -0.2) is 10.1 Å². The van der Waals surface area contributed by atoms with Crippen LogP contribution in [-0.2, 0) is 6.61 Å². The molecule has 0 aliphatic heterocycles. The lowest BCUT2D eigenvalue weighted by molar-refractivity contribution is 0.284. The smallest absolute Gasteiger partial charge is 0.229 e. The first-order valence-corrected chi connectivity index (χ1v) is 7.71. The van der Waals surface area contributed by atoms with Gasteiger partial charge >= 0.3 is 0 Å². The predicted octanol–water partition coefficient (Wildman–Crippen LogP) is 4.31. The van der Waals surface area contributed by atoms with Gasteiger partial charge in [-0.3, -0.25) is 0 Å². The van der Waals surface area contributed by atoms with Crippen LogP contribution in [0.3, 0.4) is 0 Å². The zero-order chi connectivity index (χ0) is 16.9. The van der Waals surface area contributed by atoms with E-state index in [0.717, 1.165) is 16.9 Å². The molecule has 3 rings (SSSR count). The van der Waals surface area contributed by atoms with E-state index >= 15 is 0 Å². The number of benzene rings is 2. The minimum atomic E-state index is 0.206. The van der Waals surface area contributed by atoms with Gasteiger partial charge in [-0.05, 0) is 35.4 Å². The molecule has 24 heavy (non-hydrogen) atoms. The lowest BCUT2D eigenvalue weighted by Crippen LogP contribution is -1.98. The van der Waals surface area contributed by atoms with E-state index in [1.807, 2.05) is 62.4 Å². The summed E-state index contributed by atoms with van der Waals surface area (Å²) >= 11 is 0. The molecule has 2 aromatic carbocycles. The maximum absolute atomic E-state index is 8.84. The van der Waals surface area contributed by atoms with Gasteiger partial charge in [0.05, 0.1) is 11.6 Å². The normalized spacial score (nSPS) is 10.6. The lowest BCUT2D eigenvalue weighted by Gasteiger charge is -2.05. The van der Waals surface area contributed by atoms with Crippen LogP contribution in [0.1, 0.15) is 37.0 Å². The molecule has 0 amide bonds. The van der Waals surface area contributed by atoms with Gasteiger partial charge in [-0.15, -0.1) is 0 Å². The van der Waals surface area contributed by atoms with Crippen LogP contribution in [0.25, 0.3) is 11.1 Å². The van der Waals surface area contributed by atoms with E-state index < -0.39 is 0 Å². The second kappa shape index (κ2) is 6.97. The van der Waals surface area contributed by atoms with Gasteiger partial charge in [0.2, 0.25) is 11.7 Å². The first kappa shape index (κ1) is 15.8. The number of nitrogens with zero attached hydrogens (tertiary/aromatic N) is 3. The molecule has 5 nitrogen and oxygen atoms in total. The zero-order valence-electron chi connectivity index (χ0n) is 13.6. The zero-order valence-corrected chi connectivity index (χ0v) is 13.6. The summed E-state index contributed by atoms with van der Waals surface area (Å²) in [6.07, 6.45) is 0. The van der Waals surface area contributed by atoms with E-state index in [2.05, 4.69) is 16.2 Å². The molecule has 5 heteroatoms. The summed E-state index contributed by atoms with van der Waals surface area (Å²) in [6.45, 7) is 4.27. The number of aromatic nitrogens is 2. The van der Waals surface area contributed by atoms with Crippen molar-refractivity contribution in [3.8, 4) is 22.9 Å². The molecule has 0 spiro atoms. The highest BCUT2D eigenvalue weighted by atomic mass is 16.5. The Hall–Kier alpha value is -3.13. The Kier molecular flexibility index (Phi) is 4.57. The van der Waals surface area contributed by atoms with E-state index in [1.165, 1.54) is 0 Å². The average molecular weight is 319 g/mol. The van der Waals surface area contributed by atoms with E-state index in [4.69, 9.17) is 14.5 Å². The van der Waals surface area contributed by atoms with Gasteiger partial charge in [-0.25, -0.2) is 0 Å². The van der Waals surface area contributed by atoms with Crippen LogP contribution in [0, 0.1) is 11.3 Å². The topological polar surface area (TPSA) is 71.9 Å². The largest absolute Gasteiger partial charge is 0.485 e. The van der Waals surface area contributed by atoms with E-state index in [-0.39, 0.29) is 12.5 Å². The average Bonchev–Trinajstić information content (AvgIpc) is 3.10. The van der Waals surface area contributed by atoms with Crippen molar-refractivity contribution in [3.05, 3.63) is 65.8 Å². The monoisotopic (exact) mass is 319 g/mol. The van der Waals surface area contributed by atoms with Gasteiger partial charge in [0.15, 0.2) is 6.61 Å². The van der Waals surface area contributed by atoms with Crippen molar-refractivity contribution in [3.63, 3.8) is 0 Å². The number of hydrogen-bond donors (Lipinski definition) is 0. The fraction of sp³-hybridized carbons (Fsp3) is 0.211. The maximum Gasteiger partial charge on any atom is 0.229 e. The Bertz CT molecular complexity index is 844. The fourth-order valence-electron chi connectivity index (χ4n) is 2.19. The Morgan fingerprint density at radius 3 is 2.21 bits per heavy atom. The summed E-state index contributed by atoms with van der Waals surface area (Å²) in [5.74, 6) is 2.10. The summed E-state index contributed by atoms with van der Waals surface area (Å²) in [5.41, 5.74) is 2.77. The molecule has 0 bridgehead atoms. The van der Waals surface area contributed by atoms with Crippen LogP contribution in [0.2, 0.25) is 0 Å². The van der Waals surface area contributed by atoms with Crippen LogP contribution < -0.4 is 4.74 Å². The second-order valence-electron chi connectivity index (χ2n) is 5.71. The highest BCUT2D eigenvalue weighted by Crippen LogP contribution is 2.23. The molecule has 3 aromatic rings. The molecule has 0 radical (unpaired) electrons. The van der Waals surface area contributed by atoms with E-state index in [0.29, 0.717) is 17.3 Å². The molecule has 0 fully saturated rings. The van der Waals surface area contributed by atoms with Gasteiger partial charge in [0.1, 0.15) is 5.75 Å². The van der Waals surface area contributed by atoms with Crippen molar-refractivity contribution in [1.29, 1.82) is 5.26 Å². The number of rotatable bonds is 5. The molecule has 0 aliphatic rings. The predicted molar refractivity (Wildman–Crippen MR) is 89.3 cm³/mol.